The second-order valence-electron chi connectivity index (χ2n) is 5.03. The van der Waals surface area contributed by atoms with Gasteiger partial charge in [0.1, 0.15) is 5.75 Å². The number of hydrogen-bond acceptors (Lipinski definition) is 4. The largest absolute Gasteiger partial charge is 0.573 e. The SMILES string of the molecule is O=C(O)N1CCC(S(=O)(=O)c2ccc(OC(F)(F)F)cc2)CC1. The van der Waals surface area contributed by atoms with Crippen LogP contribution >= 0.6 is 0 Å². The molecule has 23 heavy (non-hydrogen) atoms. The molecule has 0 atom stereocenters. The van der Waals surface area contributed by atoms with Crippen LogP contribution in [0.3, 0.4) is 0 Å². The molecule has 0 aromatic heterocycles. The van der Waals surface area contributed by atoms with E-state index in [4.69, 9.17) is 5.11 Å². The van der Waals surface area contributed by atoms with Crippen LogP contribution in [0.1, 0.15) is 12.8 Å². The number of piperidine rings is 1. The summed E-state index contributed by atoms with van der Waals surface area (Å²) in [6, 6.07) is 3.99. The number of halogens is 3. The quantitative estimate of drug-likeness (QED) is 0.903. The minimum absolute atomic E-state index is 0.106. The molecule has 0 aliphatic carbocycles. The lowest BCUT2D eigenvalue weighted by atomic mass is 10.1. The lowest BCUT2D eigenvalue weighted by Crippen LogP contribution is -2.41. The van der Waals surface area contributed by atoms with Gasteiger partial charge in [0.25, 0.3) is 0 Å². The van der Waals surface area contributed by atoms with Crippen LogP contribution in [0.2, 0.25) is 0 Å². The Bertz CT molecular complexity index is 664. The first-order chi connectivity index (χ1) is 10.6. The predicted molar refractivity (Wildman–Crippen MR) is 72.9 cm³/mol. The van der Waals surface area contributed by atoms with Gasteiger partial charge in [0.15, 0.2) is 9.84 Å². The Labute approximate surface area is 130 Å². The minimum Gasteiger partial charge on any atom is -0.465 e. The Kier molecular flexibility index (Phi) is 4.73. The smallest absolute Gasteiger partial charge is 0.465 e. The van der Waals surface area contributed by atoms with E-state index in [-0.39, 0.29) is 30.8 Å². The molecule has 10 heteroatoms. The number of carbonyl (C=O) groups is 1. The van der Waals surface area contributed by atoms with Gasteiger partial charge < -0.3 is 14.7 Å². The van der Waals surface area contributed by atoms with E-state index in [1.54, 1.807) is 0 Å². The Morgan fingerprint density at radius 3 is 2.13 bits per heavy atom. The first-order valence-corrected chi connectivity index (χ1v) is 8.22. The van der Waals surface area contributed by atoms with E-state index in [9.17, 15) is 26.4 Å². The summed E-state index contributed by atoms with van der Waals surface area (Å²) in [7, 11) is -3.73. The van der Waals surface area contributed by atoms with E-state index in [1.807, 2.05) is 0 Å². The number of alkyl halides is 3. The van der Waals surface area contributed by atoms with E-state index < -0.39 is 33.3 Å². The summed E-state index contributed by atoms with van der Waals surface area (Å²) in [5, 5.41) is 8.08. The van der Waals surface area contributed by atoms with Crippen LogP contribution in [0.4, 0.5) is 18.0 Å². The third-order valence-corrected chi connectivity index (χ3v) is 5.82. The van der Waals surface area contributed by atoms with Crippen molar-refractivity contribution in [3.05, 3.63) is 24.3 Å². The molecule has 2 rings (SSSR count). The number of ether oxygens (including phenoxy) is 1. The van der Waals surface area contributed by atoms with Crippen molar-refractivity contribution in [3.63, 3.8) is 0 Å². The molecule has 1 aromatic rings. The summed E-state index contributed by atoms with van der Waals surface area (Å²) in [5.74, 6) is -0.503. The molecule has 0 radical (unpaired) electrons. The summed E-state index contributed by atoms with van der Waals surface area (Å²) in [6.07, 6.45) is -5.65. The number of carboxylic acid groups (broad SMARTS) is 1. The number of amides is 1. The lowest BCUT2D eigenvalue weighted by molar-refractivity contribution is -0.274. The normalized spacial score (nSPS) is 17.1. The Morgan fingerprint density at radius 1 is 1.17 bits per heavy atom. The van der Waals surface area contributed by atoms with Crippen LogP contribution in [0, 0.1) is 0 Å². The van der Waals surface area contributed by atoms with Gasteiger partial charge in [0.2, 0.25) is 0 Å². The van der Waals surface area contributed by atoms with E-state index in [0.717, 1.165) is 29.2 Å². The van der Waals surface area contributed by atoms with E-state index in [2.05, 4.69) is 4.74 Å². The van der Waals surface area contributed by atoms with Gasteiger partial charge in [-0.25, -0.2) is 13.2 Å². The highest BCUT2D eigenvalue weighted by molar-refractivity contribution is 7.92. The Morgan fingerprint density at radius 2 is 1.70 bits per heavy atom. The molecule has 0 unspecified atom stereocenters. The van der Waals surface area contributed by atoms with Crippen molar-refractivity contribution in [2.24, 2.45) is 0 Å². The topological polar surface area (TPSA) is 83.9 Å². The summed E-state index contributed by atoms with van der Waals surface area (Å²) in [4.78, 5) is 11.8. The minimum atomic E-state index is -4.84. The van der Waals surface area contributed by atoms with Gasteiger partial charge >= 0.3 is 12.5 Å². The molecule has 0 saturated carbocycles. The lowest BCUT2D eigenvalue weighted by Gasteiger charge is -2.29. The molecule has 1 aromatic carbocycles. The van der Waals surface area contributed by atoms with Gasteiger partial charge in [-0.15, -0.1) is 13.2 Å². The van der Waals surface area contributed by atoms with Crippen LogP contribution in [-0.2, 0) is 9.84 Å². The van der Waals surface area contributed by atoms with Crippen molar-refractivity contribution in [2.45, 2.75) is 29.3 Å². The van der Waals surface area contributed by atoms with Crippen molar-refractivity contribution >= 4 is 15.9 Å². The first-order valence-electron chi connectivity index (χ1n) is 6.67. The van der Waals surface area contributed by atoms with E-state index >= 15 is 0 Å². The third kappa shape index (κ3) is 4.27. The molecular weight excluding hydrogens is 339 g/mol. The highest BCUT2D eigenvalue weighted by Crippen LogP contribution is 2.28. The van der Waals surface area contributed by atoms with Crippen LogP contribution in [0.5, 0.6) is 5.75 Å². The third-order valence-electron chi connectivity index (χ3n) is 3.54. The number of rotatable bonds is 3. The first kappa shape index (κ1) is 17.4. The Balaban J connectivity index is 2.10. The number of nitrogens with zero attached hydrogens (tertiary/aromatic N) is 1. The van der Waals surface area contributed by atoms with Crippen molar-refractivity contribution in [1.29, 1.82) is 0 Å². The maximum atomic E-state index is 12.4. The van der Waals surface area contributed by atoms with Gasteiger partial charge in [-0.3, -0.25) is 0 Å². The second-order valence-corrected chi connectivity index (χ2v) is 7.26. The van der Waals surface area contributed by atoms with Crippen LogP contribution in [-0.4, -0.2) is 49.2 Å². The van der Waals surface area contributed by atoms with Gasteiger partial charge in [-0.05, 0) is 37.1 Å². The van der Waals surface area contributed by atoms with Crippen LogP contribution in [0.25, 0.3) is 0 Å². The molecule has 128 valence electrons. The van der Waals surface area contributed by atoms with E-state index in [1.165, 1.54) is 0 Å². The van der Waals surface area contributed by atoms with Crippen molar-refractivity contribution < 1.29 is 36.2 Å². The average Bonchev–Trinajstić information content (AvgIpc) is 2.46. The Hall–Kier alpha value is -1.97. The maximum absolute atomic E-state index is 12.4. The summed E-state index contributed by atoms with van der Waals surface area (Å²) < 4.78 is 64.8. The van der Waals surface area contributed by atoms with Crippen LogP contribution in [0.15, 0.2) is 29.2 Å². The number of sulfone groups is 1. The molecule has 1 amide bonds. The zero-order chi connectivity index (χ0) is 17.3. The molecule has 0 bridgehead atoms. The van der Waals surface area contributed by atoms with Gasteiger partial charge in [0.05, 0.1) is 10.1 Å². The second kappa shape index (κ2) is 6.26. The van der Waals surface area contributed by atoms with Crippen molar-refractivity contribution in [2.75, 3.05) is 13.1 Å². The summed E-state index contributed by atoms with van der Waals surface area (Å²) >= 11 is 0. The molecule has 1 aliphatic rings. The fourth-order valence-electron chi connectivity index (χ4n) is 2.38. The van der Waals surface area contributed by atoms with Crippen molar-refractivity contribution in [3.8, 4) is 5.75 Å². The summed E-state index contributed by atoms with van der Waals surface area (Å²) in [6.45, 7) is 0.211. The average molecular weight is 353 g/mol. The van der Waals surface area contributed by atoms with Gasteiger partial charge in [-0.2, -0.15) is 0 Å². The standard InChI is InChI=1S/C13H14F3NO5S/c14-13(15,16)22-9-1-3-10(4-2-9)23(20,21)11-5-7-17(8-6-11)12(18)19/h1-4,11H,5-8H2,(H,18,19). The molecule has 0 spiro atoms. The van der Waals surface area contributed by atoms with Gasteiger partial charge in [0, 0.05) is 13.1 Å². The van der Waals surface area contributed by atoms with E-state index in [0.29, 0.717) is 0 Å². The zero-order valence-electron chi connectivity index (χ0n) is 11.8. The van der Waals surface area contributed by atoms with Crippen molar-refractivity contribution in [1.82, 2.24) is 4.90 Å². The fraction of sp³-hybridized carbons (Fsp3) is 0.462. The molecular formula is C13H14F3NO5S. The molecule has 1 aliphatic heterocycles. The number of hydrogen-bond donors (Lipinski definition) is 1. The highest BCUT2D eigenvalue weighted by atomic mass is 32.2. The monoisotopic (exact) mass is 353 g/mol. The number of likely N-dealkylation sites (tertiary alicyclic amines) is 1. The predicted octanol–water partition coefficient (Wildman–Crippen LogP) is 2.50. The molecule has 1 fully saturated rings. The van der Waals surface area contributed by atoms with Gasteiger partial charge in [-0.1, -0.05) is 0 Å². The molecule has 1 heterocycles. The summed E-state index contributed by atoms with van der Waals surface area (Å²) in [5.41, 5.74) is 0. The zero-order valence-corrected chi connectivity index (χ0v) is 12.6. The fourth-order valence-corrected chi connectivity index (χ4v) is 4.11. The molecule has 1 saturated heterocycles. The molecule has 1 N–H and O–H groups in total. The number of benzene rings is 1. The van der Waals surface area contributed by atoms with Crippen LogP contribution < -0.4 is 4.74 Å². The highest BCUT2D eigenvalue weighted by Gasteiger charge is 2.34. The maximum Gasteiger partial charge on any atom is 0.573 e. The molecule has 6 nitrogen and oxygen atoms in total.